The third-order valence-electron chi connectivity index (χ3n) is 6.57. The average molecular weight is 520 g/mol. The fourth-order valence-electron chi connectivity index (χ4n) is 4.69. The Morgan fingerprint density at radius 3 is 2.61 bits per heavy atom. The van der Waals surface area contributed by atoms with Gasteiger partial charge >= 0.3 is 0 Å². The van der Waals surface area contributed by atoms with E-state index in [0.717, 1.165) is 11.1 Å². The van der Waals surface area contributed by atoms with Gasteiger partial charge in [-0.25, -0.2) is 23.7 Å². The highest BCUT2D eigenvalue weighted by molar-refractivity contribution is 5.97. The Hall–Kier alpha value is -4.28. The number of benzene rings is 1. The van der Waals surface area contributed by atoms with Crippen LogP contribution in [0.4, 0.5) is 14.6 Å². The summed E-state index contributed by atoms with van der Waals surface area (Å²) in [6.07, 6.45) is 0.538. The van der Waals surface area contributed by atoms with Gasteiger partial charge in [0.25, 0.3) is 0 Å². The molecule has 1 fully saturated rings. The molecule has 0 bridgehead atoms. The lowest BCUT2D eigenvalue weighted by molar-refractivity contribution is -0.137. The first kappa shape index (κ1) is 25.4. The number of rotatable bonds is 6. The van der Waals surface area contributed by atoms with Crippen molar-refractivity contribution in [3.8, 4) is 11.1 Å². The van der Waals surface area contributed by atoms with Crippen molar-refractivity contribution >= 4 is 28.5 Å². The molecule has 0 radical (unpaired) electrons. The molecule has 1 aliphatic rings. The Bertz CT molecular complexity index is 1500. The average Bonchev–Trinajstić information content (AvgIpc) is 3.45. The molecule has 1 unspecified atom stereocenters. The first-order valence-electron chi connectivity index (χ1n) is 12.3. The number of likely N-dealkylation sites (tertiary alicyclic amines) is 1. The molecule has 2 amide bonds. The second-order valence-electron chi connectivity index (χ2n) is 9.46. The van der Waals surface area contributed by atoms with Crippen LogP contribution in [0.3, 0.4) is 0 Å². The van der Waals surface area contributed by atoms with Gasteiger partial charge in [-0.1, -0.05) is 12.1 Å². The number of fused-ring (bicyclic) bond motifs is 1. The summed E-state index contributed by atoms with van der Waals surface area (Å²) in [6, 6.07) is 9.55. The summed E-state index contributed by atoms with van der Waals surface area (Å²) < 4.78 is 30.4. The fraction of sp³-hybridized carbons (Fsp3) is 0.333. The molecule has 1 saturated heterocycles. The number of alkyl halides is 2. The van der Waals surface area contributed by atoms with Crippen LogP contribution in [-0.4, -0.2) is 60.2 Å². The maximum atomic E-state index is 14.6. The van der Waals surface area contributed by atoms with E-state index in [0.29, 0.717) is 28.2 Å². The number of nitrogens with one attached hydrogen (secondary N) is 1. The maximum Gasteiger partial charge on any atom is 0.248 e. The number of carbonyl (C=O) groups is 2. The molecule has 0 saturated carbocycles. The summed E-state index contributed by atoms with van der Waals surface area (Å²) >= 11 is 0. The smallest absolute Gasteiger partial charge is 0.248 e. The van der Waals surface area contributed by atoms with Crippen molar-refractivity contribution in [2.24, 2.45) is 0 Å². The molecule has 5 rings (SSSR count). The number of carbonyl (C=O) groups excluding carboxylic acids is 2. The zero-order chi connectivity index (χ0) is 27.0. The molecule has 1 N–H and O–H groups in total. The van der Waals surface area contributed by atoms with Crippen LogP contribution in [0.15, 0.2) is 48.8 Å². The molecular weight excluding hydrogens is 492 g/mol. The Morgan fingerprint density at radius 2 is 1.89 bits per heavy atom. The monoisotopic (exact) mass is 519 g/mol. The van der Waals surface area contributed by atoms with Gasteiger partial charge in [-0.05, 0) is 50.6 Å². The predicted molar refractivity (Wildman–Crippen MR) is 138 cm³/mol. The van der Waals surface area contributed by atoms with Gasteiger partial charge in [0.05, 0.1) is 12.1 Å². The Kier molecular flexibility index (Phi) is 6.83. The first-order valence-corrected chi connectivity index (χ1v) is 12.3. The van der Waals surface area contributed by atoms with Crippen LogP contribution in [0.5, 0.6) is 0 Å². The number of hydrogen-bond donors (Lipinski definition) is 1. The molecule has 11 heteroatoms. The Labute approximate surface area is 217 Å². The van der Waals surface area contributed by atoms with Gasteiger partial charge in [-0.3, -0.25) is 14.3 Å². The number of pyridine rings is 1. The number of amides is 2. The molecule has 196 valence electrons. The minimum Gasteiger partial charge on any atom is -0.326 e. The summed E-state index contributed by atoms with van der Waals surface area (Å²) in [5.74, 6) is -0.0242. The highest BCUT2D eigenvalue weighted by atomic mass is 19.1. The second-order valence-corrected chi connectivity index (χ2v) is 9.46. The van der Waals surface area contributed by atoms with Crippen LogP contribution in [0.2, 0.25) is 0 Å². The normalized spacial score (nSPS) is 18.1. The molecule has 1 aromatic carbocycles. The van der Waals surface area contributed by atoms with Gasteiger partial charge in [0.15, 0.2) is 0 Å². The molecule has 0 aliphatic carbocycles. The van der Waals surface area contributed by atoms with Gasteiger partial charge < -0.3 is 10.2 Å². The van der Waals surface area contributed by atoms with Crippen molar-refractivity contribution in [2.45, 2.75) is 52.1 Å². The van der Waals surface area contributed by atoms with Crippen molar-refractivity contribution < 1.29 is 18.4 Å². The zero-order valence-corrected chi connectivity index (χ0v) is 21.2. The quantitative estimate of drug-likeness (QED) is 0.411. The van der Waals surface area contributed by atoms with E-state index in [2.05, 4.69) is 25.4 Å². The molecule has 1 aliphatic heterocycles. The SMILES string of the molecule is Cc1cccc(NC(=O)[C@@H]2C[C@@H](F)CN2C(=O)Cn2nc(C(C)F)c3cc(-c4cnc(C)nc4)ccc32)n1. The molecule has 38 heavy (non-hydrogen) atoms. The molecule has 4 aromatic rings. The van der Waals surface area contributed by atoms with Gasteiger partial charge in [-0.15, -0.1) is 0 Å². The lowest BCUT2D eigenvalue weighted by atomic mass is 10.0. The number of hydrogen-bond acceptors (Lipinski definition) is 6. The Balaban J connectivity index is 1.40. The number of aromatic nitrogens is 5. The van der Waals surface area contributed by atoms with E-state index in [1.165, 1.54) is 16.5 Å². The van der Waals surface area contributed by atoms with E-state index >= 15 is 0 Å². The second kappa shape index (κ2) is 10.2. The fourth-order valence-corrected chi connectivity index (χ4v) is 4.69. The number of nitrogens with zero attached hydrogens (tertiary/aromatic N) is 6. The highest BCUT2D eigenvalue weighted by Gasteiger charge is 2.40. The van der Waals surface area contributed by atoms with Crippen molar-refractivity contribution in [1.29, 1.82) is 0 Å². The predicted octanol–water partition coefficient (Wildman–Crippen LogP) is 4.11. The summed E-state index contributed by atoms with van der Waals surface area (Å²) in [6.45, 7) is 4.48. The van der Waals surface area contributed by atoms with Gasteiger partial charge in [-0.2, -0.15) is 5.10 Å². The molecule has 3 atom stereocenters. The third kappa shape index (κ3) is 5.09. The van der Waals surface area contributed by atoms with Gasteiger partial charge in [0.2, 0.25) is 11.8 Å². The molecule has 0 spiro atoms. The van der Waals surface area contributed by atoms with E-state index < -0.39 is 30.2 Å². The molecule has 4 heterocycles. The lowest BCUT2D eigenvalue weighted by Gasteiger charge is -2.23. The van der Waals surface area contributed by atoms with Crippen molar-refractivity contribution in [3.05, 3.63) is 66.0 Å². The van der Waals surface area contributed by atoms with E-state index in [1.807, 2.05) is 6.07 Å². The summed E-state index contributed by atoms with van der Waals surface area (Å²) in [5.41, 5.74) is 3.00. The first-order chi connectivity index (χ1) is 18.2. The van der Waals surface area contributed by atoms with Crippen LogP contribution in [0.25, 0.3) is 22.0 Å². The summed E-state index contributed by atoms with van der Waals surface area (Å²) in [4.78, 5) is 40.2. The maximum absolute atomic E-state index is 14.6. The van der Waals surface area contributed by atoms with Crippen LogP contribution in [-0.2, 0) is 16.1 Å². The van der Waals surface area contributed by atoms with E-state index in [-0.39, 0.29) is 25.2 Å². The molecule has 3 aromatic heterocycles. The minimum atomic E-state index is -1.39. The Morgan fingerprint density at radius 1 is 1.13 bits per heavy atom. The van der Waals surface area contributed by atoms with Crippen LogP contribution in [0, 0.1) is 13.8 Å². The highest BCUT2D eigenvalue weighted by Crippen LogP contribution is 2.31. The molecular formula is C27H27F2N7O2. The third-order valence-corrected chi connectivity index (χ3v) is 6.57. The van der Waals surface area contributed by atoms with Crippen LogP contribution in [0.1, 0.15) is 36.7 Å². The van der Waals surface area contributed by atoms with Crippen molar-refractivity contribution in [2.75, 3.05) is 11.9 Å². The topological polar surface area (TPSA) is 106 Å². The summed E-state index contributed by atoms with van der Waals surface area (Å²) in [7, 11) is 0. The van der Waals surface area contributed by atoms with Crippen molar-refractivity contribution in [1.82, 2.24) is 29.6 Å². The van der Waals surface area contributed by atoms with Crippen LogP contribution >= 0.6 is 0 Å². The summed E-state index contributed by atoms with van der Waals surface area (Å²) in [5, 5.41) is 7.60. The minimum absolute atomic E-state index is 0.113. The van der Waals surface area contributed by atoms with Crippen molar-refractivity contribution in [3.63, 3.8) is 0 Å². The van der Waals surface area contributed by atoms with E-state index in [9.17, 15) is 18.4 Å². The standard InChI is InChI=1S/C27H27F2N7O2/c1-15-5-4-6-24(32-15)33-27(38)23-10-20(29)13-35(23)25(37)14-36-22-8-7-18(19-11-30-17(3)31-12-19)9-21(22)26(34-36)16(2)28/h4-9,11-12,16,20,23H,10,13-14H2,1-3H3,(H,32,33,38)/t16?,20-,23+/m1/s1. The number of anilines is 1. The van der Waals surface area contributed by atoms with E-state index in [1.54, 1.807) is 56.6 Å². The molecule has 9 nitrogen and oxygen atoms in total. The van der Waals surface area contributed by atoms with Gasteiger partial charge in [0.1, 0.15) is 42.3 Å². The van der Waals surface area contributed by atoms with Crippen LogP contribution < -0.4 is 5.32 Å². The number of halogens is 2. The van der Waals surface area contributed by atoms with Gasteiger partial charge in [0, 0.05) is 35.5 Å². The zero-order valence-electron chi connectivity index (χ0n) is 21.2. The number of aryl methyl sites for hydroxylation is 2. The lowest BCUT2D eigenvalue weighted by Crippen LogP contribution is -2.44. The van der Waals surface area contributed by atoms with E-state index in [4.69, 9.17) is 0 Å². The largest absolute Gasteiger partial charge is 0.326 e.